The maximum absolute atomic E-state index is 11.7. The van der Waals surface area contributed by atoms with E-state index < -0.39 is 43.6 Å². The standard InChI is InChI=1S/C16H18BNO9/c19-12(20)5-10(15(21)22)18-6-9(7-18)26-11-2-1-8-3-4-17(25)27-14(8)13(11)16(23)24/h1-2,9-10,25H,3-7H2,(H,19,20)(H,21,22)(H,23,24). The molecule has 0 saturated carbocycles. The van der Waals surface area contributed by atoms with Crippen molar-refractivity contribution in [3.8, 4) is 11.5 Å². The molecule has 3 rings (SSSR count). The van der Waals surface area contributed by atoms with E-state index in [0.29, 0.717) is 18.3 Å². The molecule has 0 bridgehead atoms. The van der Waals surface area contributed by atoms with E-state index in [0.717, 1.165) is 0 Å². The molecule has 2 heterocycles. The smallest absolute Gasteiger partial charge is 0.522 e. The second-order valence-electron chi connectivity index (χ2n) is 6.49. The molecule has 1 fully saturated rings. The van der Waals surface area contributed by atoms with E-state index in [1.807, 2.05) is 0 Å². The lowest BCUT2D eigenvalue weighted by Crippen LogP contribution is -2.60. The van der Waals surface area contributed by atoms with Crippen LogP contribution in [0.15, 0.2) is 12.1 Å². The van der Waals surface area contributed by atoms with Gasteiger partial charge in [0.15, 0.2) is 0 Å². The maximum atomic E-state index is 11.7. The Kier molecular flexibility index (Phi) is 5.24. The van der Waals surface area contributed by atoms with Crippen molar-refractivity contribution in [3.63, 3.8) is 0 Å². The number of hydrogen-bond acceptors (Lipinski definition) is 7. The Labute approximate surface area is 154 Å². The lowest BCUT2D eigenvalue weighted by molar-refractivity contribution is -0.154. The van der Waals surface area contributed by atoms with E-state index in [-0.39, 0.29) is 30.2 Å². The highest BCUT2D eigenvalue weighted by molar-refractivity contribution is 6.44. The highest BCUT2D eigenvalue weighted by Crippen LogP contribution is 2.37. The summed E-state index contributed by atoms with van der Waals surface area (Å²) in [6, 6.07) is 2.02. The van der Waals surface area contributed by atoms with Gasteiger partial charge in [-0.25, -0.2) is 4.79 Å². The number of hydrogen-bond donors (Lipinski definition) is 4. The Balaban J connectivity index is 1.72. The number of carboxylic acid groups (broad SMARTS) is 3. The number of aryl methyl sites for hydroxylation is 1. The fourth-order valence-electron chi connectivity index (χ4n) is 3.23. The molecule has 0 spiro atoms. The van der Waals surface area contributed by atoms with E-state index >= 15 is 0 Å². The van der Waals surface area contributed by atoms with Crippen molar-refractivity contribution in [1.29, 1.82) is 0 Å². The summed E-state index contributed by atoms with van der Waals surface area (Å²) in [5, 5.41) is 37.1. The van der Waals surface area contributed by atoms with Gasteiger partial charge in [-0.2, -0.15) is 0 Å². The number of nitrogens with zero attached hydrogens (tertiary/aromatic N) is 1. The molecule has 1 atom stereocenters. The van der Waals surface area contributed by atoms with Gasteiger partial charge in [0.2, 0.25) is 0 Å². The summed E-state index contributed by atoms with van der Waals surface area (Å²) < 4.78 is 11.0. The monoisotopic (exact) mass is 379 g/mol. The summed E-state index contributed by atoms with van der Waals surface area (Å²) in [6.07, 6.45) is -0.175. The van der Waals surface area contributed by atoms with Crippen LogP contribution in [0.3, 0.4) is 0 Å². The van der Waals surface area contributed by atoms with Crippen molar-refractivity contribution in [2.45, 2.75) is 31.3 Å². The fourth-order valence-corrected chi connectivity index (χ4v) is 3.23. The molecule has 0 radical (unpaired) electrons. The number of likely N-dealkylation sites (tertiary alicyclic amines) is 1. The quantitative estimate of drug-likeness (QED) is 0.468. The molecule has 0 aromatic heterocycles. The van der Waals surface area contributed by atoms with Crippen LogP contribution in [0.25, 0.3) is 0 Å². The summed E-state index contributed by atoms with van der Waals surface area (Å²) >= 11 is 0. The molecule has 10 nitrogen and oxygen atoms in total. The number of carboxylic acids is 3. The molecule has 2 aliphatic heterocycles. The van der Waals surface area contributed by atoms with Crippen LogP contribution < -0.4 is 9.39 Å². The molecule has 4 N–H and O–H groups in total. The van der Waals surface area contributed by atoms with Crippen molar-refractivity contribution in [2.75, 3.05) is 13.1 Å². The first kappa shape index (κ1) is 19.0. The van der Waals surface area contributed by atoms with Gasteiger partial charge < -0.3 is 29.7 Å². The van der Waals surface area contributed by atoms with Crippen LogP contribution in [0.5, 0.6) is 11.5 Å². The molecule has 1 saturated heterocycles. The van der Waals surface area contributed by atoms with Crippen LogP contribution in [-0.2, 0) is 16.0 Å². The summed E-state index contributed by atoms with van der Waals surface area (Å²) in [5.41, 5.74) is 0.470. The topological polar surface area (TPSA) is 154 Å². The number of benzene rings is 1. The summed E-state index contributed by atoms with van der Waals surface area (Å²) in [6.45, 7) is 0.313. The van der Waals surface area contributed by atoms with Gasteiger partial charge in [0.1, 0.15) is 29.2 Å². The van der Waals surface area contributed by atoms with Crippen molar-refractivity contribution in [2.24, 2.45) is 0 Å². The van der Waals surface area contributed by atoms with Crippen LogP contribution in [0, 0.1) is 0 Å². The minimum atomic E-state index is -1.26. The predicted molar refractivity (Wildman–Crippen MR) is 90.2 cm³/mol. The van der Waals surface area contributed by atoms with Crippen molar-refractivity contribution < 1.29 is 44.1 Å². The minimum Gasteiger partial charge on any atom is -0.535 e. The molecule has 2 aliphatic rings. The molecule has 144 valence electrons. The van der Waals surface area contributed by atoms with Crippen LogP contribution in [-0.4, -0.2) is 75.5 Å². The molecule has 1 unspecified atom stereocenters. The van der Waals surface area contributed by atoms with Gasteiger partial charge >= 0.3 is 25.0 Å². The number of rotatable bonds is 7. The van der Waals surface area contributed by atoms with Gasteiger partial charge in [-0.05, 0) is 24.4 Å². The normalized spacial score (nSPS) is 18.0. The van der Waals surface area contributed by atoms with Gasteiger partial charge in [-0.1, -0.05) is 6.07 Å². The van der Waals surface area contributed by atoms with E-state index in [9.17, 15) is 24.5 Å². The Bertz CT molecular complexity index is 777. The Morgan fingerprint density at radius 1 is 1.26 bits per heavy atom. The Hall–Kier alpha value is -2.79. The summed E-state index contributed by atoms with van der Waals surface area (Å²) in [7, 11) is -1.09. The first-order chi connectivity index (χ1) is 12.8. The van der Waals surface area contributed by atoms with Crippen LogP contribution in [0.1, 0.15) is 22.3 Å². The molecule has 0 aliphatic carbocycles. The first-order valence-corrected chi connectivity index (χ1v) is 8.35. The molecule has 1 aromatic rings. The van der Waals surface area contributed by atoms with Gasteiger partial charge in [0, 0.05) is 13.1 Å². The highest BCUT2D eigenvalue weighted by atomic mass is 16.5. The number of aromatic carboxylic acids is 1. The van der Waals surface area contributed by atoms with Gasteiger partial charge in [0.05, 0.1) is 6.42 Å². The summed E-state index contributed by atoms with van der Waals surface area (Å²) in [5.74, 6) is -3.58. The molecule has 27 heavy (non-hydrogen) atoms. The van der Waals surface area contributed by atoms with Crippen LogP contribution in [0.2, 0.25) is 6.32 Å². The first-order valence-electron chi connectivity index (χ1n) is 8.35. The third-order valence-corrected chi connectivity index (χ3v) is 4.59. The molecular formula is C16H18BNO9. The molecule has 0 amide bonds. The minimum absolute atomic E-state index is 0.0603. The highest BCUT2D eigenvalue weighted by Gasteiger charge is 2.39. The largest absolute Gasteiger partial charge is 0.535 e. The van der Waals surface area contributed by atoms with Crippen molar-refractivity contribution in [3.05, 3.63) is 23.3 Å². The molecule has 1 aromatic carbocycles. The number of carbonyl (C=O) groups is 3. The number of fused-ring (bicyclic) bond motifs is 1. The predicted octanol–water partition coefficient (Wildman–Crippen LogP) is -0.209. The van der Waals surface area contributed by atoms with E-state index in [1.54, 1.807) is 6.07 Å². The van der Waals surface area contributed by atoms with Gasteiger partial charge in [0.25, 0.3) is 0 Å². The lowest BCUT2D eigenvalue weighted by Gasteiger charge is -2.42. The molecule has 11 heteroatoms. The van der Waals surface area contributed by atoms with E-state index in [4.69, 9.17) is 19.6 Å². The van der Waals surface area contributed by atoms with Crippen LogP contribution in [0.4, 0.5) is 0 Å². The number of ether oxygens (including phenoxy) is 1. The zero-order chi connectivity index (χ0) is 19.7. The third-order valence-electron chi connectivity index (χ3n) is 4.59. The van der Waals surface area contributed by atoms with E-state index in [1.165, 1.54) is 11.0 Å². The Morgan fingerprint density at radius 3 is 2.56 bits per heavy atom. The van der Waals surface area contributed by atoms with Crippen LogP contribution >= 0.6 is 0 Å². The zero-order valence-electron chi connectivity index (χ0n) is 14.2. The molecular weight excluding hydrogens is 361 g/mol. The fraction of sp³-hybridized carbons (Fsp3) is 0.438. The van der Waals surface area contributed by atoms with E-state index in [2.05, 4.69) is 0 Å². The average molecular weight is 379 g/mol. The second-order valence-corrected chi connectivity index (χ2v) is 6.49. The maximum Gasteiger partial charge on any atom is 0.522 e. The average Bonchev–Trinajstić information content (AvgIpc) is 2.54. The Morgan fingerprint density at radius 2 is 1.96 bits per heavy atom. The SMILES string of the molecule is O=C(O)CC(C(=O)O)N1CC(Oc2ccc3c(c2C(=O)O)OB(O)CC3)C1. The lowest BCUT2D eigenvalue weighted by atomic mass is 9.78. The summed E-state index contributed by atoms with van der Waals surface area (Å²) in [4.78, 5) is 35.1. The van der Waals surface area contributed by atoms with Gasteiger partial charge in [-0.15, -0.1) is 0 Å². The third kappa shape index (κ3) is 3.98. The van der Waals surface area contributed by atoms with Crippen molar-refractivity contribution >= 4 is 25.0 Å². The van der Waals surface area contributed by atoms with Gasteiger partial charge in [-0.3, -0.25) is 14.5 Å². The number of aliphatic carboxylic acids is 2. The second kappa shape index (κ2) is 7.45. The van der Waals surface area contributed by atoms with Crippen molar-refractivity contribution in [1.82, 2.24) is 4.90 Å². The zero-order valence-corrected chi connectivity index (χ0v) is 14.2.